The third-order valence-electron chi connectivity index (χ3n) is 2.19. The van der Waals surface area contributed by atoms with Crippen LogP contribution in [0.5, 0.6) is 0 Å². The average molecular weight is 185 g/mol. The van der Waals surface area contributed by atoms with Crippen LogP contribution < -0.4 is 0 Å². The van der Waals surface area contributed by atoms with Crippen LogP contribution in [0.2, 0.25) is 0 Å². The van der Waals surface area contributed by atoms with Gasteiger partial charge in [0.2, 0.25) is 0 Å². The van der Waals surface area contributed by atoms with Crippen LogP contribution in [-0.4, -0.2) is 30.7 Å². The van der Waals surface area contributed by atoms with Gasteiger partial charge in [0.05, 0.1) is 6.61 Å². The van der Waals surface area contributed by atoms with Crippen molar-refractivity contribution in [3.05, 3.63) is 0 Å². The summed E-state index contributed by atoms with van der Waals surface area (Å²) < 4.78 is 4.94. The van der Waals surface area contributed by atoms with E-state index in [4.69, 9.17) is 4.74 Å². The Kier molecular flexibility index (Phi) is 3.17. The summed E-state index contributed by atoms with van der Waals surface area (Å²) in [7, 11) is 0. The van der Waals surface area contributed by atoms with Gasteiger partial charge in [-0.1, -0.05) is 20.8 Å². The van der Waals surface area contributed by atoms with Gasteiger partial charge in [-0.05, 0) is 18.3 Å². The summed E-state index contributed by atoms with van der Waals surface area (Å²) in [4.78, 5) is 13.0. The van der Waals surface area contributed by atoms with Crippen LogP contribution in [0.3, 0.4) is 0 Å². The van der Waals surface area contributed by atoms with E-state index in [1.165, 1.54) is 0 Å². The van der Waals surface area contributed by atoms with Crippen molar-refractivity contribution in [3.63, 3.8) is 0 Å². The molecule has 1 fully saturated rings. The second kappa shape index (κ2) is 3.99. The molecule has 1 aliphatic rings. The van der Waals surface area contributed by atoms with Gasteiger partial charge in [-0.25, -0.2) is 4.79 Å². The topological polar surface area (TPSA) is 29.5 Å². The fourth-order valence-corrected chi connectivity index (χ4v) is 1.27. The molecule has 3 nitrogen and oxygen atoms in total. The molecule has 1 heterocycles. The van der Waals surface area contributed by atoms with Gasteiger partial charge in [-0.3, -0.25) is 0 Å². The maximum absolute atomic E-state index is 11.2. The predicted molar refractivity (Wildman–Crippen MR) is 51.6 cm³/mol. The number of hydrogen-bond donors (Lipinski definition) is 0. The van der Waals surface area contributed by atoms with Crippen LogP contribution in [0.15, 0.2) is 0 Å². The lowest BCUT2D eigenvalue weighted by molar-refractivity contribution is 0.0688. The smallest absolute Gasteiger partial charge is 0.409 e. The largest absolute Gasteiger partial charge is 0.449 e. The molecule has 3 heteroatoms. The fraction of sp³-hybridized carbons (Fsp3) is 0.900. The Morgan fingerprint density at radius 2 is 2.15 bits per heavy atom. The highest BCUT2D eigenvalue weighted by atomic mass is 16.6. The number of amides is 1. The zero-order chi connectivity index (χ0) is 9.90. The van der Waals surface area contributed by atoms with Crippen molar-refractivity contribution < 1.29 is 9.53 Å². The predicted octanol–water partition coefficient (Wildman–Crippen LogP) is 2.26. The third-order valence-corrected chi connectivity index (χ3v) is 2.19. The standard InChI is InChI=1S/C10H19NO2/c1-10(2,3)5-7-11-6-4-8-13-9(11)12/h4-8H2,1-3H3. The molecule has 13 heavy (non-hydrogen) atoms. The maximum atomic E-state index is 11.2. The zero-order valence-electron chi connectivity index (χ0n) is 8.80. The monoisotopic (exact) mass is 185 g/mol. The fourth-order valence-electron chi connectivity index (χ4n) is 1.27. The van der Waals surface area contributed by atoms with Crippen molar-refractivity contribution in [3.8, 4) is 0 Å². The Morgan fingerprint density at radius 1 is 1.46 bits per heavy atom. The first kappa shape index (κ1) is 10.4. The minimum absolute atomic E-state index is 0.143. The average Bonchev–Trinajstić information content (AvgIpc) is 2.01. The van der Waals surface area contributed by atoms with Crippen LogP contribution in [0, 0.1) is 5.41 Å². The van der Waals surface area contributed by atoms with Crippen LogP contribution in [0.25, 0.3) is 0 Å². The Labute approximate surface area is 80.1 Å². The SMILES string of the molecule is CC(C)(C)CCN1CCCOC1=O. The normalized spacial score (nSPS) is 18.7. The number of carbonyl (C=O) groups excluding carboxylic acids is 1. The minimum Gasteiger partial charge on any atom is -0.449 e. The maximum Gasteiger partial charge on any atom is 0.409 e. The van der Waals surface area contributed by atoms with Crippen molar-refractivity contribution >= 4 is 6.09 Å². The molecular formula is C10H19NO2. The molecule has 0 aromatic carbocycles. The quantitative estimate of drug-likeness (QED) is 0.660. The zero-order valence-corrected chi connectivity index (χ0v) is 8.80. The number of ether oxygens (including phenoxy) is 1. The molecule has 0 saturated carbocycles. The van der Waals surface area contributed by atoms with Crippen LogP contribution >= 0.6 is 0 Å². The summed E-state index contributed by atoms with van der Waals surface area (Å²) in [5.41, 5.74) is 0.289. The van der Waals surface area contributed by atoms with Gasteiger partial charge >= 0.3 is 6.09 Å². The van der Waals surface area contributed by atoms with Crippen LogP contribution in [0.4, 0.5) is 4.79 Å². The Balaban J connectivity index is 2.31. The van der Waals surface area contributed by atoms with Gasteiger partial charge in [0.25, 0.3) is 0 Å². The first-order chi connectivity index (χ1) is 5.99. The van der Waals surface area contributed by atoms with Gasteiger partial charge in [0, 0.05) is 13.1 Å². The lowest BCUT2D eigenvalue weighted by Gasteiger charge is -2.29. The molecule has 0 bridgehead atoms. The first-order valence-electron chi connectivity index (χ1n) is 4.91. The minimum atomic E-state index is -0.143. The molecule has 1 aliphatic heterocycles. The van der Waals surface area contributed by atoms with E-state index >= 15 is 0 Å². The summed E-state index contributed by atoms with van der Waals surface area (Å²) in [6.45, 7) is 8.81. The molecule has 0 atom stereocenters. The lowest BCUT2D eigenvalue weighted by atomic mass is 9.92. The Bertz CT molecular complexity index is 184. The van der Waals surface area contributed by atoms with Gasteiger partial charge in [0.1, 0.15) is 0 Å². The van der Waals surface area contributed by atoms with E-state index < -0.39 is 0 Å². The van der Waals surface area contributed by atoms with Crippen molar-refractivity contribution in [2.75, 3.05) is 19.7 Å². The number of cyclic esters (lactones) is 1. The summed E-state index contributed by atoms with van der Waals surface area (Å²) in [5.74, 6) is 0. The molecule has 0 spiro atoms. The summed E-state index contributed by atoms with van der Waals surface area (Å²) in [6.07, 6.45) is 1.85. The summed E-state index contributed by atoms with van der Waals surface area (Å²) in [5, 5.41) is 0. The second-order valence-corrected chi connectivity index (χ2v) is 4.77. The summed E-state index contributed by atoms with van der Waals surface area (Å²) >= 11 is 0. The highest BCUT2D eigenvalue weighted by Crippen LogP contribution is 2.19. The molecular weight excluding hydrogens is 166 g/mol. The van der Waals surface area contributed by atoms with Crippen molar-refractivity contribution in [2.24, 2.45) is 5.41 Å². The highest BCUT2D eigenvalue weighted by Gasteiger charge is 2.21. The number of nitrogens with zero attached hydrogens (tertiary/aromatic N) is 1. The second-order valence-electron chi connectivity index (χ2n) is 4.77. The molecule has 0 aromatic rings. The number of hydrogen-bond acceptors (Lipinski definition) is 2. The van der Waals surface area contributed by atoms with Crippen molar-refractivity contribution in [2.45, 2.75) is 33.6 Å². The molecule has 76 valence electrons. The summed E-state index contributed by atoms with van der Waals surface area (Å²) in [6, 6.07) is 0. The van der Waals surface area contributed by atoms with Gasteiger partial charge in [-0.15, -0.1) is 0 Å². The van der Waals surface area contributed by atoms with Crippen molar-refractivity contribution in [1.82, 2.24) is 4.90 Å². The first-order valence-corrected chi connectivity index (χ1v) is 4.91. The van der Waals surface area contributed by atoms with E-state index in [9.17, 15) is 4.79 Å². The van der Waals surface area contributed by atoms with Gasteiger partial charge < -0.3 is 9.64 Å². The lowest BCUT2D eigenvalue weighted by Crippen LogP contribution is -2.39. The molecule has 0 N–H and O–H groups in total. The molecule has 0 radical (unpaired) electrons. The van der Waals surface area contributed by atoms with Crippen LogP contribution in [-0.2, 0) is 4.74 Å². The van der Waals surface area contributed by atoms with Crippen molar-refractivity contribution in [1.29, 1.82) is 0 Å². The van der Waals surface area contributed by atoms with Gasteiger partial charge in [0.15, 0.2) is 0 Å². The van der Waals surface area contributed by atoms with E-state index in [0.29, 0.717) is 6.61 Å². The molecule has 1 amide bonds. The van der Waals surface area contributed by atoms with E-state index in [0.717, 1.165) is 25.9 Å². The number of rotatable bonds is 2. The Hall–Kier alpha value is -0.730. The molecule has 1 saturated heterocycles. The van der Waals surface area contributed by atoms with E-state index in [2.05, 4.69) is 20.8 Å². The van der Waals surface area contributed by atoms with Gasteiger partial charge in [-0.2, -0.15) is 0 Å². The van der Waals surface area contributed by atoms with E-state index in [-0.39, 0.29) is 11.5 Å². The third kappa shape index (κ3) is 3.66. The highest BCUT2D eigenvalue weighted by molar-refractivity contribution is 5.68. The van der Waals surface area contributed by atoms with E-state index in [1.54, 1.807) is 4.90 Å². The van der Waals surface area contributed by atoms with E-state index in [1.807, 2.05) is 0 Å². The Morgan fingerprint density at radius 3 is 2.69 bits per heavy atom. The molecule has 1 rings (SSSR count). The molecule has 0 aromatic heterocycles. The molecule has 0 aliphatic carbocycles. The molecule has 0 unspecified atom stereocenters. The number of carbonyl (C=O) groups is 1. The van der Waals surface area contributed by atoms with Crippen LogP contribution in [0.1, 0.15) is 33.6 Å².